The van der Waals surface area contributed by atoms with Crippen LogP contribution in [0.5, 0.6) is 0 Å². The first-order valence-corrected chi connectivity index (χ1v) is 8.56. The number of carbonyl (C=O) groups is 1. The van der Waals surface area contributed by atoms with E-state index < -0.39 is 0 Å². The lowest BCUT2D eigenvalue weighted by Crippen LogP contribution is -2.29. The predicted octanol–water partition coefficient (Wildman–Crippen LogP) is 5.16. The van der Waals surface area contributed by atoms with Gasteiger partial charge in [-0.15, -0.1) is 11.8 Å². The van der Waals surface area contributed by atoms with Crippen LogP contribution in [0.3, 0.4) is 0 Å². The summed E-state index contributed by atoms with van der Waals surface area (Å²) >= 11 is 7.58. The number of halogens is 1. The van der Waals surface area contributed by atoms with Gasteiger partial charge in [-0.05, 0) is 36.2 Å². The van der Waals surface area contributed by atoms with E-state index in [0.29, 0.717) is 6.54 Å². The second-order valence-electron chi connectivity index (χ2n) is 4.79. The highest BCUT2D eigenvalue weighted by atomic mass is 35.5. The third-order valence-corrected chi connectivity index (χ3v) is 4.38. The molecule has 5 heteroatoms. The highest BCUT2D eigenvalue weighted by Gasteiger charge is 2.06. The first kappa shape index (κ1) is 16.7. The first-order chi connectivity index (χ1) is 10.7. The van der Waals surface area contributed by atoms with E-state index in [1.54, 1.807) is 11.8 Å². The molecule has 0 unspecified atom stereocenters. The molecule has 0 fully saturated rings. The van der Waals surface area contributed by atoms with Crippen LogP contribution in [0.2, 0.25) is 5.02 Å². The number of para-hydroxylation sites is 1. The molecule has 2 rings (SSSR count). The zero-order valence-electron chi connectivity index (χ0n) is 12.4. The molecule has 0 saturated heterocycles. The Hall–Kier alpha value is -1.65. The zero-order valence-corrected chi connectivity index (χ0v) is 14.0. The minimum absolute atomic E-state index is 0.165. The van der Waals surface area contributed by atoms with Gasteiger partial charge in [0, 0.05) is 22.2 Å². The van der Waals surface area contributed by atoms with E-state index in [0.717, 1.165) is 27.8 Å². The van der Waals surface area contributed by atoms with Gasteiger partial charge in [0.1, 0.15) is 0 Å². The molecule has 0 radical (unpaired) electrons. The number of amides is 2. The molecule has 0 heterocycles. The molecule has 2 aromatic carbocycles. The van der Waals surface area contributed by atoms with Crippen LogP contribution in [0.4, 0.5) is 10.5 Å². The number of urea groups is 1. The van der Waals surface area contributed by atoms with Gasteiger partial charge in [-0.1, -0.05) is 42.8 Å². The maximum absolute atomic E-state index is 11.8. The van der Waals surface area contributed by atoms with Crippen molar-refractivity contribution in [2.24, 2.45) is 0 Å². The summed E-state index contributed by atoms with van der Waals surface area (Å²) in [5.41, 5.74) is 2.02. The maximum Gasteiger partial charge on any atom is 0.319 e. The molecule has 22 heavy (non-hydrogen) atoms. The average molecular weight is 335 g/mol. The SMILES string of the molecule is CCCNC(=O)Nc1ccccc1SCc1ccc(Cl)cc1. The van der Waals surface area contributed by atoms with E-state index in [-0.39, 0.29) is 6.03 Å². The first-order valence-electron chi connectivity index (χ1n) is 7.20. The monoisotopic (exact) mass is 334 g/mol. The molecule has 2 aromatic rings. The molecule has 0 saturated carbocycles. The summed E-state index contributed by atoms with van der Waals surface area (Å²) in [6, 6.07) is 15.5. The van der Waals surface area contributed by atoms with Crippen LogP contribution in [-0.4, -0.2) is 12.6 Å². The molecule has 3 nitrogen and oxygen atoms in total. The molecule has 0 aliphatic heterocycles. The van der Waals surface area contributed by atoms with Crippen LogP contribution >= 0.6 is 23.4 Å². The Kier molecular flexibility index (Phi) is 6.62. The molecule has 0 aromatic heterocycles. The number of hydrogen-bond donors (Lipinski definition) is 2. The fourth-order valence-electron chi connectivity index (χ4n) is 1.84. The predicted molar refractivity (Wildman–Crippen MR) is 94.8 cm³/mol. The van der Waals surface area contributed by atoms with Crippen LogP contribution in [0.15, 0.2) is 53.4 Å². The van der Waals surface area contributed by atoms with E-state index in [1.807, 2.05) is 55.5 Å². The third kappa shape index (κ3) is 5.28. The molecule has 0 spiro atoms. The van der Waals surface area contributed by atoms with Gasteiger partial charge < -0.3 is 10.6 Å². The normalized spacial score (nSPS) is 10.3. The number of rotatable bonds is 6. The van der Waals surface area contributed by atoms with Crippen molar-refractivity contribution in [3.63, 3.8) is 0 Å². The molecule has 0 bridgehead atoms. The molecule has 0 atom stereocenters. The van der Waals surface area contributed by atoms with Crippen molar-refractivity contribution < 1.29 is 4.79 Å². The second-order valence-corrected chi connectivity index (χ2v) is 6.25. The summed E-state index contributed by atoms with van der Waals surface area (Å²) in [6.45, 7) is 2.70. The van der Waals surface area contributed by atoms with E-state index in [4.69, 9.17) is 11.6 Å². The van der Waals surface area contributed by atoms with Gasteiger partial charge in [0.2, 0.25) is 0 Å². The van der Waals surface area contributed by atoms with Gasteiger partial charge in [-0.3, -0.25) is 0 Å². The van der Waals surface area contributed by atoms with Gasteiger partial charge in [0.15, 0.2) is 0 Å². The van der Waals surface area contributed by atoms with Gasteiger partial charge in [-0.25, -0.2) is 4.79 Å². The third-order valence-electron chi connectivity index (χ3n) is 2.98. The minimum atomic E-state index is -0.165. The van der Waals surface area contributed by atoms with Crippen molar-refractivity contribution in [2.45, 2.75) is 24.0 Å². The summed E-state index contributed by atoms with van der Waals surface area (Å²) in [7, 11) is 0. The Morgan fingerprint density at radius 3 is 2.59 bits per heavy atom. The maximum atomic E-state index is 11.8. The summed E-state index contributed by atoms with van der Waals surface area (Å²) in [5, 5.41) is 6.45. The number of nitrogens with one attached hydrogen (secondary N) is 2. The molecule has 2 amide bonds. The standard InChI is InChI=1S/C17H19ClN2OS/c1-2-11-19-17(21)20-15-5-3-4-6-16(15)22-12-13-7-9-14(18)10-8-13/h3-10H,2,11-12H2,1H3,(H2,19,20,21). The second kappa shape index (κ2) is 8.71. The van der Waals surface area contributed by atoms with Gasteiger partial charge >= 0.3 is 6.03 Å². The van der Waals surface area contributed by atoms with Crippen molar-refractivity contribution in [3.8, 4) is 0 Å². The largest absolute Gasteiger partial charge is 0.338 e. The quantitative estimate of drug-likeness (QED) is 0.716. The molecule has 0 aliphatic carbocycles. The Morgan fingerprint density at radius 2 is 1.86 bits per heavy atom. The Bertz CT molecular complexity index is 616. The van der Waals surface area contributed by atoms with Crippen LogP contribution in [0.1, 0.15) is 18.9 Å². The van der Waals surface area contributed by atoms with E-state index in [1.165, 1.54) is 5.56 Å². The smallest absolute Gasteiger partial charge is 0.319 e. The highest BCUT2D eigenvalue weighted by molar-refractivity contribution is 7.98. The molecule has 116 valence electrons. The lowest BCUT2D eigenvalue weighted by Gasteiger charge is -2.11. The molecular weight excluding hydrogens is 316 g/mol. The summed E-state index contributed by atoms with van der Waals surface area (Å²) in [6.07, 6.45) is 0.917. The van der Waals surface area contributed by atoms with Crippen LogP contribution in [0, 0.1) is 0 Å². The Labute approximate surface area is 140 Å². The highest BCUT2D eigenvalue weighted by Crippen LogP contribution is 2.30. The van der Waals surface area contributed by atoms with Crippen molar-refractivity contribution >= 4 is 35.1 Å². The number of hydrogen-bond acceptors (Lipinski definition) is 2. The molecule has 0 aliphatic rings. The van der Waals surface area contributed by atoms with Gasteiger partial charge in [-0.2, -0.15) is 0 Å². The number of thioether (sulfide) groups is 1. The van der Waals surface area contributed by atoms with Crippen molar-refractivity contribution in [1.82, 2.24) is 5.32 Å². The van der Waals surface area contributed by atoms with E-state index in [2.05, 4.69) is 10.6 Å². The van der Waals surface area contributed by atoms with Gasteiger partial charge in [0.25, 0.3) is 0 Å². The van der Waals surface area contributed by atoms with Crippen LogP contribution in [0.25, 0.3) is 0 Å². The van der Waals surface area contributed by atoms with Crippen LogP contribution < -0.4 is 10.6 Å². The Balaban J connectivity index is 1.98. The minimum Gasteiger partial charge on any atom is -0.338 e. The van der Waals surface area contributed by atoms with Crippen molar-refractivity contribution in [2.75, 3.05) is 11.9 Å². The zero-order chi connectivity index (χ0) is 15.8. The average Bonchev–Trinajstić information content (AvgIpc) is 2.53. The fourth-order valence-corrected chi connectivity index (χ4v) is 2.93. The number of anilines is 1. The molecular formula is C17H19ClN2OS. The Morgan fingerprint density at radius 1 is 1.14 bits per heavy atom. The van der Waals surface area contributed by atoms with Crippen LogP contribution in [-0.2, 0) is 5.75 Å². The van der Waals surface area contributed by atoms with E-state index >= 15 is 0 Å². The van der Waals surface area contributed by atoms with Crippen molar-refractivity contribution in [1.29, 1.82) is 0 Å². The lowest BCUT2D eigenvalue weighted by atomic mass is 10.2. The van der Waals surface area contributed by atoms with Gasteiger partial charge in [0.05, 0.1) is 5.69 Å². The number of carbonyl (C=O) groups excluding carboxylic acids is 1. The summed E-state index contributed by atoms with van der Waals surface area (Å²) < 4.78 is 0. The topological polar surface area (TPSA) is 41.1 Å². The van der Waals surface area contributed by atoms with E-state index in [9.17, 15) is 4.79 Å². The number of benzene rings is 2. The molecule has 2 N–H and O–H groups in total. The lowest BCUT2D eigenvalue weighted by molar-refractivity contribution is 0.252. The fraction of sp³-hybridized carbons (Fsp3) is 0.235. The van der Waals surface area contributed by atoms with Crippen molar-refractivity contribution in [3.05, 3.63) is 59.1 Å². The summed E-state index contributed by atoms with van der Waals surface area (Å²) in [4.78, 5) is 12.8. The summed E-state index contributed by atoms with van der Waals surface area (Å²) in [5.74, 6) is 0.826.